The van der Waals surface area contributed by atoms with Crippen LogP contribution >= 0.6 is 11.3 Å². The number of benzene rings is 1. The van der Waals surface area contributed by atoms with Crippen LogP contribution in [0.15, 0.2) is 34.7 Å². The van der Waals surface area contributed by atoms with Gasteiger partial charge in [-0.05, 0) is 38.0 Å². The first-order valence-electron chi connectivity index (χ1n) is 7.95. The van der Waals surface area contributed by atoms with Gasteiger partial charge < -0.3 is 10.4 Å². The Kier molecular flexibility index (Phi) is 4.85. The number of aliphatic carboxylic acids is 1. The fraction of sp³-hybridized carbons (Fsp3) is 0.353. The summed E-state index contributed by atoms with van der Waals surface area (Å²) >= 11 is 1.16. The van der Waals surface area contributed by atoms with Gasteiger partial charge >= 0.3 is 5.97 Å². The van der Waals surface area contributed by atoms with Crippen molar-refractivity contribution in [2.45, 2.75) is 24.7 Å². The maximum Gasteiger partial charge on any atom is 0.307 e. The van der Waals surface area contributed by atoms with Crippen molar-refractivity contribution >= 4 is 48.4 Å². The standard InChI is InChI=1S/C17H18N2O5S2/c1-9-3-5-11(16(21)22)12(7-9)15(20)19-17-18-13-6-4-10(26(2,23)24)8-14(13)25-17/h3-4,6,8,11-12H,5,7H2,1-2H3,(H,21,22)(H,18,19,20)/t11-,12-/m0/s1. The molecule has 0 bridgehead atoms. The Balaban J connectivity index is 1.85. The van der Waals surface area contributed by atoms with Gasteiger partial charge in [-0.3, -0.25) is 9.59 Å². The number of carboxylic acids is 1. The van der Waals surface area contributed by atoms with Gasteiger partial charge in [-0.1, -0.05) is 23.0 Å². The summed E-state index contributed by atoms with van der Waals surface area (Å²) in [5.41, 5.74) is 1.57. The lowest BCUT2D eigenvalue weighted by Crippen LogP contribution is -2.35. The number of sulfone groups is 1. The third-order valence-corrected chi connectivity index (χ3v) is 6.46. The van der Waals surface area contributed by atoms with Gasteiger partial charge in [-0.15, -0.1) is 0 Å². The summed E-state index contributed by atoms with van der Waals surface area (Å²) in [6.45, 7) is 1.88. The van der Waals surface area contributed by atoms with Crippen molar-refractivity contribution in [1.29, 1.82) is 0 Å². The molecule has 2 atom stereocenters. The van der Waals surface area contributed by atoms with Crippen LogP contribution in [0.25, 0.3) is 10.2 Å². The largest absolute Gasteiger partial charge is 0.481 e. The van der Waals surface area contributed by atoms with E-state index in [-0.39, 0.29) is 10.8 Å². The van der Waals surface area contributed by atoms with E-state index < -0.39 is 27.6 Å². The second-order valence-corrected chi connectivity index (χ2v) is 9.50. The number of fused-ring (bicyclic) bond motifs is 1. The number of carbonyl (C=O) groups excluding carboxylic acids is 1. The zero-order valence-corrected chi connectivity index (χ0v) is 15.9. The molecule has 3 rings (SSSR count). The number of hydrogen-bond donors (Lipinski definition) is 2. The maximum atomic E-state index is 12.6. The number of allylic oxidation sites excluding steroid dienone is 2. The Morgan fingerprint density at radius 1 is 1.31 bits per heavy atom. The minimum absolute atomic E-state index is 0.186. The Labute approximate surface area is 154 Å². The highest BCUT2D eigenvalue weighted by Gasteiger charge is 2.35. The van der Waals surface area contributed by atoms with Crippen molar-refractivity contribution in [2.75, 3.05) is 11.6 Å². The second kappa shape index (κ2) is 6.81. The normalized spacial score (nSPS) is 20.6. The van der Waals surface area contributed by atoms with Crippen molar-refractivity contribution in [3.05, 3.63) is 29.8 Å². The van der Waals surface area contributed by atoms with Crippen molar-refractivity contribution < 1.29 is 23.1 Å². The highest BCUT2D eigenvalue weighted by atomic mass is 32.2. The van der Waals surface area contributed by atoms with Gasteiger partial charge in [-0.2, -0.15) is 0 Å². The summed E-state index contributed by atoms with van der Waals surface area (Å²) in [5.74, 6) is -2.79. The lowest BCUT2D eigenvalue weighted by atomic mass is 9.79. The first-order valence-corrected chi connectivity index (χ1v) is 10.7. The first-order chi connectivity index (χ1) is 12.1. The highest BCUT2D eigenvalue weighted by molar-refractivity contribution is 7.90. The number of carboxylic acid groups (broad SMARTS) is 1. The lowest BCUT2D eigenvalue weighted by Gasteiger charge is -2.26. The van der Waals surface area contributed by atoms with Gasteiger partial charge in [0, 0.05) is 6.26 Å². The quantitative estimate of drug-likeness (QED) is 0.771. The van der Waals surface area contributed by atoms with Gasteiger partial charge in [0.1, 0.15) is 0 Å². The van der Waals surface area contributed by atoms with Crippen molar-refractivity contribution in [1.82, 2.24) is 4.98 Å². The number of hydrogen-bond acceptors (Lipinski definition) is 6. The number of anilines is 1. The molecule has 0 aliphatic heterocycles. The summed E-state index contributed by atoms with van der Waals surface area (Å²) in [6, 6.07) is 4.58. The van der Waals surface area contributed by atoms with E-state index in [1.165, 1.54) is 12.1 Å². The maximum absolute atomic E-state index is 12.6. The summed E-state index contributed by atoms with van der Waals surface area (Å²) in [6.07, 6.45) is 3.71. The molecule has 2 aromatic rings. The molecule has 0 unspecified atom stereocenters. The monoisotopic (exact) mass is 394 g/mol. The Hall–Kier alpha value is -2.26. The Morgan fingerprint density at radius 2 is 2.04 bits per heavy atom. The molecule has 26 heavy (non-hydrogen) atoms. The molecule has 2 N–H and O–H groups in total. The van der Waals surface area contributed by atoms with Gasteiger partial charge in [0.2, 0.25) is 5.91 Å². The van der Waals surface area contributed by atoms with Crippen LogP contribution in [-0.2, 0) is 19.4 Å². The molecular formula is C17H18N2O5S2. The van der Waals surface area contributed by atoms with E-state index >= 15 is 0 Å². The van der Waals surface area contributed by atoms with Crippen LogP contribution in [0.5, 0.6) is 0 Å². The number of aromatic nitrogens is 1. The molecule has 0 spiro atoms. The predicted molar refractivity (Wildman–Crippen MR) is 99.0 cm³/mol. The molecule has 7 nitrogen and oxygen atoms in total. The number of thiazole rings is 1. The molecular weight excluding hydrogens is 376 g/mol. The number of carbonyl (C=O) groups is 2. The van der Waals surface area contributed by atoms with Crippen LogP contribution in [0.4, 0.5) is 5.13 Å². The molecule has 1 amide bonds. The van der Waals surface area contributed by atoms with Crippen LogP contribution in [0.3, 0.4) is 0 Å². The van der Waals surface area contributed by atoms with E-state index in [0.717, 1.165) is 23.2 Å². The summed E-state index contributed by atoms with van der Waals surface area (Å²) in [5, 5.41) is 12.4. The average molecular weight is 394 g/mol. The molecule has 0 fully saturated rings. The van der Waals surface area contributed by atoms with Crippen LogP contribution < -0.4 is 5.32 Å². The van der Waals surface area contributed by atoms with Crippen molar-refractivity contribution in [3.63, 3.8) is 0 Å². The molecule has 0 radical (unpaired) electrons. The summed E-state index contributed by atoms with van der Waals surface area (Å²) < 4.78 is 23.9. The Morgan fingerprint density at radius 3 is 2.69 bits per heavy atom. The van der Waals surface area contributed by atoms with Gasteiger partial charge in [0.05, 0.1) is 26.9 Å². The summed E-state index contributed by atoms with van der Waals surface area (Å²) in [4.78, 5) is 28.5. The number of amides is 1. The first kappa shape index (κ1) is 18.5. The van der Waals surface area contributed by atoms with Crippen LogP contribution in [0.1, 0.15) is 19.8 Å². The highest BCUT2D eigenvalue weighted by Crippen LogP contribution is 2.33. The van der Waals surface area contributed by atoms with Gasteiger partial charge in [-0.25, -0.2) is 13.4 Å². The molecule has 0 saturated heterocycles. The van der Waals surface area contributed by atoms with E-state index in [9.17, 15) is 23.1 Å². The fourth-order valence-corrected chi connectivity index (χ4v) is 4.63. The van der Waals surface area contributed by atoms with Crippen LogP contribution in [0, 0.1) is 11.8 Å². The van der Waals surface area contributed by atoms with Crippen LogP contribution in [0.2, 0.25) is 0 Å². The zero-order chi connectivity index (χ0) is 19.1. The topological polar surface area (TPSA) is 113 Å². The van der Waals surface area contributed by atoms with E-state index in [0.29, 0.717) is 28.2 Å². The predicted octanol–water partition coefficient (Wildman–Crippen LogP) is 2.70. The minimum atomic E-state index is -3.33. The van der Waals surface area contributed by atoms with Crippen molar-refractivity contribution in [2.24, 2.45) is 11.8 Å². The van der Waals surface area contributed by atoms with Crippen LogP contribution in [-0.4, -0.2) is 36.6 Å². The van der Waals surface area contributed by atoms with Gasteiger partial charge in [0.15, 0.2) is 15.0 Å². The van der Waals surface area contributed by atoms with Gasteiger partial charge in [0.25, 0.3) is 0 Å². The molecule has 138 valence electrons. The third kappa shape index (κ3) is 3.78. The third-order valence-electron chi connectivity index (χ3n) is 4.42. The molecule has 1 aliphatic rings. The van der Waals surface area contributed by atoms with E-state index in [1.807, 2.05) is 13.0 Å². The second-order valence-electron chi connectivity index (χ2n) is 6.45. The molecule has 0 saturated carbocycles. The molecule has 1 aromatic carbocycles. The SMILES string of the molecule is CC1=CC[C@H](C(=O)O)[C@@H](C(=O)Nc2nc3ccc(S(C)(=O)=O)cc3s2)C1. The Bertz CT molecular complexity index is 1020. The molecule has 1 heterocycles. The van der Waals surface area contributed by atoms with E-state index in [4.69, 9.17) is 0 Å². The summed E-state index contributed by atoms with van der Waals surface area (Å²) in [7, 11) is -3.33. The number of nitrogens with zero attached hydrogens (tertiary/aromatic N) is 1. The molecule has 1 aromatic heterocycles. The van der Waals surface area contributed by atoms with E-state index in [1.54, 1.807) is 6.07 Å². The fourth-order valence-electron chi connectivity index (χ4n) is 3.00. The molecule has 1 aliphatic carbocycles. The van der Waals surface area contributed by atoms with Crippen molar-refractivity contribution in [3.8, 4) is 0 Å². The smallest absolute Gasteiger partial charge is 0.307 e. The molecule has 9 heteroatoms. The number of nitrogens with one attached hydrogen (secondary N) is 1. The van der Waals surface area contributed by atoms with E-state index in [2.05, 4.69) is 10.3 Å². The average Bonchev–Trinajstić information content (AvgIpc) is 2.94. The zero-order valence-electron chi connectivity index (χ0n) is 14.2. The lowest BCUT2D eigenvalue weighted by molar-refractivity contribution is -0.146. The minimum Gasteiger partial charge on any atom is -0.481 e. The number of rotatable bonds is 4.